The van der Waals surface area contributed by atoms with E-state index < -0.39 is 4.92 Å². The molecule has 3 rings (SSSR count). The predicted octanol–water partition coefficient (Wildman–Crippen LogP) is 4.62. The fourth-order valence-corrected chi connectivity index (χ4v) is 3.01. The molecule has 1 atom stereocenters. The lowest BCUT2D eigenvalue weighted by Gasteiger charge is -2.18. The van der Waals surface area contributed by atoms with Crippen molar-refractivity contribution >= 4 is 17.1 Å². The molecule has 0 saturated carbocycles. The second kappa shape index (κ2) is 6.87. The molecule has 0 spiro atoms. The van der Waals surface area contributed by atoms with Crippen LogP contribution in [0.2, 0.25) is 0 Å². The lowest BCUT2D eigenvalue weighted by Crippen LogP contribution is -2.10. The van der Waals surface area contributed by atoms with Crippen molar-refractivity contribution in [2.75, 3.05) is 11.1 Å². The van der Waals surface area contributed by atoms with Crippen molar-refractivity contribution in [3.05, 3.63) is 69.6 Å². The predicted molar refractivity (Wildman–Crippen MR) is 101 cm³/mol. The summed E-state index contributed by atoms with van der Waals surface area (Å²) in [5.41, 5.74) is 9.63. The molecule has 26 heavy (non-hydrogen) atoms. The molecule has 0 saturated heterocycles. The number of nitrogens with two attached hydrogens (primary N) is 1. The molecule has 1 aromatic heterocycles. The quantitative estimate of drug-likeness (QED) is 0.394. The number of nitrogens with zero attached hydrogens (tertiary/aromatic N) is 2. The van der Waals surface area contributed by atoms with Crippen LogP contribution in [0.1, 0.15) is 30.0 Å². The number of anilines is 2. The van der Waals surface area contributed by atoms with Crippen LogP contribution in [0, 0.1) is 24.0 Å². The standard InChI is InChI=1S/C19H20N4O3/c1-11(14-7-5-4-6-8-14)21-16-9-15(10-17(19(16)20)23(24)25)18-12(2)22-26-13(18)3/h4-11,21H,20H2,1-3H3. The van der Waals surface area contributed by atoms with E-state index in [1.165, 1.54) is 6.07 Å². The summed E-state index contributed by atoms with van der Waals surface area (Å²) in [6, 6.07) is 13.0. The van der Waals surface area contributed by atoms with Crippen molar-refractivity contribution in [3.63, 3.8) is 0 Å². The van der Waals surface area contributed by atoms with Gasteiger partial charge in [0.2, 0.25) is 0 Å². The van der Waals surface area contributed by atoms with Gasteiger partial charge >= 0.3 is 0 Å². The Bertz CT molecular complexity index is 931. The number of rotatable bonds is 5. The van der Waals surface area contributed by atoms with E-state index in [1.54, 1.807) is 19.9 Å². The second-order valence-electron chi connectivity index (χ2n) is 6.19. The molecule has 0 bridgehead atoms. The highest BCUT2D eigenvalue weighted by Crippen LogP contribution is 2.39. The molecule has 7 nitrogen and oxygen atoms in total. The summed E-state index contributed by atoms with van der Waals surface area (Å²) in [5.74, 6) is 0.601. The van der Waals surface area contributed by atoms with E-state index >= 15 is 0 Å². The molecule has 0 aliphatic rings. The smallest absolute Gasteiger partial charge is 0.294 e. The molecule has 3 N–H and O–H groups in total. The highest BCUT2D eigenvalue weighted by molar-refractivity contribution is 5.84. The van der Waals surface area contributed by atoms with E-state index in [4.69, 9.17) is 10.3 Å². The highest BCUT2D eigenvalue weighted by Gasteiger charge is 2.22. The average Bonchev–Trinajstić information content (AvgIpc) is 2.96. The summed E-state index contributed by atoms with van der Waals surface area (Å²) in [6.07, 6.45) is 0. The van der Waals surface area contributed by atoms with Crippen molar-refractivity contribution in [1.82, 2.24) is 5.16 Å². The van der Waals surface area contributed by atoms with Crippen LogP contribution < -0.4 is 11.1 Å². The maximum Gasteiger partial charge on any atom is 0.294 e. The lowest BCUT2D eigenvalue weighted by atomic mass is 10.0. The third-order valence-corrected chi connectivity index (χ3v) is 4.35. The Morgan fingerprint density at radius 1 is 1.23 bits per heavy atom. The van der Waals surface area contributed by atoms with E-state index in [0.717, 1.165) is 11.1 Å². The fourth-order valence-electron chi connectivity index (χ4n) is 3.01. The molecular weight excluding hydrogens is 332 g/mol. The molecule has 134 valence electrons. The minimum absolute atomic E-state index is 0.0713. The first-order chi connectivity index (χ1) is 12.4. The molecule has 0 fully saturated rings. The molecule has 0 aliphatic carbocycles. The van der Waals surface area contributed by atoms with Gasteiger partial charge in [0.25, 0.3) is 5.69 Å². The molecule has 3 aromatic rings. The second-order valence-corrected chi connectivity index (χ2v) is 6.19. The number of nitrogens with one attached hydrogen (secondary N) is 1. The van der Waals surface area contributed by atoms with Crippen LogP contribution in [0.15, 0.2) is 47.0 Å². The third-order valence-electron chi connectivity index (χ3n) is 4.35. The normalized spacial score (nSPS) is 12.0. The minimum Gasteiger partial charge on any atom is -0.391 e. The maximum atomic E-state index is 11.5. The zero-order valence-corrected chi connectivity index (χ0v) is 14.8. The summed E-state index contributed by atoms with van der Waals surface area (Å²) in [4.78, 5) is 11.0. The third kappa shape index (κ3) is 3.23. The summed E-state index contributed by atoms with van der Waals surface area (Å²) in [5, 5.41) is 18.7. The van der Waals surface area contributed by atoms with Gasteiger partial charge in [-0.05, 0) is 38.0 Å². The van der Waals surface area contributed by atoms with Gasteiger partial charge in [0.05, 0.1) is 16.3 Å². The summed E-state index contributed by atoms with van der Waals surface area (Å²) >= 11 is 0. The van der Waals surface area contributed by atoms with Gasteiger partial charge in [-0.1, -0.05) is 35.5 Å². The molecule has 1 heterocycles. The Morgan fingerprint density at radius 2 is 1.92 bits per heavy atom. The molecule has 7 heteroatoms. The fraction of sp³-hybridized carbons (Fsp3) is 0.211. The zero-order chi connectivity index (χ0) is 18.8. The Morgan fingerprint density at radius 3 is 2.50 bits per heavy atom. The summed E-state index contributed by atoms with van der Waals surface area (Å²) in [6.45, 7) is 5.55. The van der Waals surface area contributed by atoms with Crippen LogP contribution in [0.3, 0.4) is 0 Å². The average molecular weight is 352 g/mol. The van der Waals surface area contributed by atoms with Gasteiger partial charge in [0.15, 0.2) is 0 Å². The first-order valence-electron chi connectivity index (χ1n) is 8.21. The molecule has 0 aliphatic heterocycles. The topological polar surface area (TPSA) is 107 Å². The van der Waals surface area contributed by atoms with Gasteiger partial charge in [0.1, 0.15) is 11.4 Å². The van der Waals surface area contributed by atoms with Gasteiger partial charge in [-0.2, -0.15) is 0 Å². The van der Waals surface area contributed by atoms with E-state index in [2.05, 4.69) is 10.5 Å². The minimum atomic E-state index is -0.477. The Kier molecular flexibility index (Phi) is 4.62. The van der Waals surface area contributed by atoms with E-state index in [-0.39, 0.29) is 17.4 Å². The maximum absolute atomic E-state index is 11.5. The van der Waals surface area contributed by atoms with Crippen LogP contribution >= 0.6 is 0 Å². The number of benzene rings is 2. The molecule has 2 aromatic carbocycles. The van der Waals surface area contributed by atoms with Gasteiger partial charge in [-0.15, -0.1) is 0 Å². The van der Waals surface area contributed by atoms with Gasteiger partial charge in [0, 0.05) is 17.7 Å². The first kappa shape index (κ1) is 17.5. The van der Waals surface area contributed by atoms with Crippen LogP contribution in [-0.4, -0.2) is 10.1 Å². The van der Waals surface area contributed by atoms with Crippen molar-refractivity contribution in [1.29, 1.82) is 0 Å². The van der Waals surface area contributed by atoms with Crippen molar-refractivity contribution in [3.8, 4) is 11.1 Å². The van der Waals surface area contributed by atoms with E-state index in [9.17, 15) is 10.1 Å². The highest BCUT2D eigenvalue weighted by atomic mass is 16.6. The molecule has 0 amide bonds. The first-order valence-corrected chi connectivity index (χ1v) is 8.21. The number of aryl methyl sites for hydroxylation is 2. The Hall–Kier alpha value is -3.35. The van der Waals surface area contributed by atoms with Crippen LogP contribution in [0.25, 0.3) is 11.1 Å². The van der Waals surface area contributed by atoms with Gasteiger partial charge < -0.3 is 15.6 Å². The largest absolute Gasteiger partial charge is 0.391 e. The summed E-state index contributed by atoms with van der Waals surface area (Å²) in [7, 11) is 0. The molecule has 1 unspecified atom stereocenters. The van der Waals surface area contributed by atoms with Gasteiger partial charge in [-0.3, -0.25) is 10.1 Å². The van der Waals surface area contributed by atoms with Crippen LogP contribution in [0.5, 0.6) is 0 Å². The SMILES string of the molecule is Cc1noc(C)c1-c1cc(NC(C)c2ccccc2)c(N)c([N+](=O)[O-])c1. The van der Waals surface area contributed by atoms with Crippen molar-refractivity contribution < 1.29 is 9.45 Å². The monoisotopic (exact) mass is 352 g/mol. The number of hydrogen-bond donors (Lipinski definition) is 2. The van der Waals surface area contributed by atoms with Crippen molar-refractivity contribution in [2.45, 2.75) is 26.8 Å². The number of nitro benzene ring substituents is 1. The van der Waals surface area contributed by atoms with Crippen LogP contribution in [0.4, 0.5) is 17.1 Å². The number of hydrogen-bond acceptors (Lipinski definition) is 6. The van der Waals surface area contributed by atoms with Crippen molar-refractivity contribution in [2.24, 2.45) is 0 Å². The Labute approximate surface area is 151 Å². The number of nitrogen functional groups attached to an aromatic ring is 1. The summed E-state index contributed by atoms with van der Waals surface area (Å²) < 4.78 is 5.20. The zero-order valence-electron chi connectivity index (χ0n) is 14.8. The van der Waals surface area contributed by atoms with E-state index in [0.29, 0.717) is 22.7 Å². The van der Waals surface area contributed by atoms with Crippen LogP contribution in [-0.2, 0) is 0 Å². The number of nitro groups is 1. The molecule has 0 radical (unpaired) electrons. The Balaban J connectivity index is 2.08. The number of aromatic nitrogens is 1. The van der Waals surface area contributed by atoms with Gasteiger partial charge in [-0.25, -0.2) is 0 Å². The van der Waals surface area contributed by atoms with E-state index in [1.807, 2.05) is 37.3 Å². The lowest BCUT2D eigenvalue weighted by molar-refractivity contribution is -0.383. The molecular formula is C19H20N4O3.